The van der Waals surface area contributed by atoms with Crippen molar-refractivity contribution in [2.75, 3.05) is 23.3 Å². The van der Waals surface area contributed by atoms with Crippen LogP contribution < -0.4 is 10.2 Å². The van der Waals surface area contributed by atoms with E-state index in [0.717, 1.165) is 59.7 Å². The molecule has 3 aromatic heterocycles. The number of hydrogen-bond acceptors (Lipinski definition) is 5. The third kappa shape index (κ3) is 2.97. The van der Waals surface area contributed by atoms with E-state index in [9.17, 15) is 5.26 Å². The minimum absolute atomic E-state index is 0.306. The molecule has 1 aliphatic heterocycles. The third-order valence-corrected chi connectivity index (χ3v) is 5.71. The van der Waals surface area contributed by atoms with Gasteiger partial charge in [0.2, 0.25) is 0 Å². The van der Waals surface area contributed by atoms with Crippen LogP contribution >= 0.6 is 0 Å². The molecule has 1 N–H and O–H groups in total. The predicted molar refractivity (Wildman–Crippen MR) is 114 cm³/mol. The van der Waals surface area contributed by atoms with Gasteiger partial charge < -0.3 is 10.2 Å². The smallest absolute Gasteiger partial charge is 0.157 e. The monoisotopic (exact) mass is 385 g/mol. The van der Waals surface area contributed by atoms with E-state index < -0.39 is 0 Å². The second kappa shape index (κ2) is 6.82. The lowest BCUT2D eigenvalue weighted by atomic mass is 10.0. The summed E-state index contributed by atoms with van der Waals surface area (Å²) in [7, 11) is 1.95. The average molecular weight is 385 g/mol. The quantitative estimate of drug-likeness (QED) is 0.584. The van der Waals surface area contributed by atoms with Gasteiger partial charge in [-0.1, -0.05) is 12.1 Å². The van der Waals surface area contributed by atoms with Crippen LogP contribution in [0.4, 0.5) is 11.5 Å². The Hall–Kier alpha value is -3.53. The number of piperidine rings is 1. The van der Waals surface area contributed by atoms with E-state index in [1.807, 2.05) is 43.0 Å². The summed E-state index contributed by atoms with van der Waals surface area (Å²) in [6.45, 7) is 3.93. The van der Waals surface area contributed by atoms with Crippen LogP contribution in [0.15, 0.2) is 42.7 Å². The van der Waals surface area contributed by atoms with Gasteiger partial charge in [0, 0.05) is 32.4 Å². The van der Waals surface area contributed by atoms with Crippen molar-refractivity contribution in [1.82, 2.24) is 19.2 Å². The minimum Gasteiger partial charge on any atom is -0.367 e. The lowest BCUT2D eigenvalue weighted by molar-refractivity contribution is 0.528. The second-order valence-corrected chi connectivity index (χ2v) is 7.76. The first kappa shape index (κ1) is 17.6. The molecule has 4 aromatic rings. The molecule has 29 heavy (non-hydrogen) atoms. The normalized spacial score (nSPS) is 17.0. The van der Waals surface area contributed by atoms with Crippen molar-refractivity contribution in [1.29, 1.82) is 5.26 Å². The van der Waals surface area contributed by atoms with E-state index >= 15 is 0 Å². The Morgan fingerprint density at radius 1 is 1.28 bits per heavy atom. The van der Waals surface area contributed by atoms with Gasteiger partial charge in [-0.25, -0.2) is 4.98 Å². The summed E-state index contributed by atoms with van der Waals surface area (Å²) in [5, 5.41) is 17.7. The minimum atomic E-state index is 0.306. The Kier molecular flexibility index (Phi) is 4.13. The van der Waals surface area contributed by atoms with Gasteiger partial charge >= 0.3 is 0 Å². The van der Waals surface area contributed by atoms with Crippen LogP contribution in [0.25, 0.3) is 16.7 Å². The van der Waals surface area contributed by atoms with Crippen molar-refractivity contribution < 1.29 is 0 Å². The second-order valence-electron chi connectivity index (χ2n) is 7.76. The zero-order chi connectivity index (χ0) is 20.0. The summed E-state index contributed by atoms with van der Waals surface area (Å²) in [4.78, 5) is 7.13. The summed E-state index contributed by atoms with van der Waals surface area (Å²) in [6.07, 6.45) is 6.21. The molecule has 7 heteroatoms. The lowest BCUT2D eigenvalue weighted by Gasteiger charge is -2.34. The number of hydrogen-bond donors (Lipinski definition) is 1. The van der Waals surface area contributed by atoms with E-state index in [2.05, 4.69) is 44.1 Å². The fourth-order valence-electron chi connectivity index (χ4n) is 4.31. The highest BCUT2D eigenvalue weighted by molar-refractivity contribution is 5.85. The SMILES string of the molecule is Cc1cc(NC2CCCN(c3cnn(C)c3)C2)n2c(nc3ccccc32)c1C#N. The van der Waals surface area contributed by atoms with Gasteiger partial charge in [0.1, 0.15) is 11.9 Å². The summed E-state index contributed by atoms with van der Waals surface area (Å²) in [5.74, 6) is 0.989. The predicted octanol–water partition coefficient (Wildman–Crippen LogP) is 3.48. The van der Waals surface area contributed by atoms with Crippen LogP contribution in [0.5, 0.6) is 0 Å². The van der Waals surface area contributed by atoms with Crippen molar-refractivity contribution in [2.45, 2.75) is 25.8 Å². The molecule has 146 valence electrons. The number of nitriles is 1. The molecular formula is C22H23N7. The van der Waals surface area contributed by atoms with Gasteiger partial charge in [0.05, 0.1) is 28.5 Å². The fraction of sp³-hybridized carbons (Fsp3) is 0.318. The number of nitrogens with one attached hydrogen (secondary N) is 1. The van der Waals surface area contributed by atoms with E-state index in [-0.39, 0.29) is 0 Å². The summed E-state index contributed by atoms with van der Waals surface area (Å²) < 4.78 is 3.93. The molecule has 1 fully saturated rings. The number of imidazole rings is 1. The molecule has 0 saturated carbocycles. The number of aromatic nitrogens is 4. The van der Waals surface area contributed by atoms with Crippen LogP contribution in [-0.4, -0.2) is 38.3 Å². The molecule has 0 bridgehead atoms. The van der Waals surface area contributed by atoms with E-state index in [1.165, 1.54) is 0 Å². The maximum atomic E-state index is 9.68. The average Bonchev–Trinajstić information content (AvgIpc) is 3.32. The molecule has 5 rings (SSSR count). The topological polar surface area (TPSA) is 74.2 Å². The number of aryl methyl sites for hydroxylation is 2. The first-order chi connectivity index (χ1) is 14.1. The van der Waals surface area contributed by atoms with Crippen LogP contribution in [0.2, 0.25) is 0 Å². The van der Waals surface area contributed by atoms with Gasteiger partial charge in [-0.2, -0.15) is 10.4 Å². The Bertz CT molecular complexity index is 1240. The number of fused-ring (bicyclic) bond motifs is 3. The molecule has 0 spiro atoms. The number of rotatable bonds is 3. The van der Waals surface area contributed by atoms with Gasteiger partial charge in [-0.05, 0) is 43.5 Å². The summed E-state index contributed by atoms with van der Waals surface area (Å²) >= 11 is 0. The largest absolute Gasteiger partial charge is 0.367 e. The molecule has 1 aliphatic rings. The van der Waals surface area contributed by atoms with Crippen molar-refractivity contribution in [3.8, 4) is 6.07 Å². The molecule has 4 heterocycles. The maximum Gasteiger partial charge on any atom is 0.157 e. The number of benzene rings is 1. The van der Waals surface area contributed by atoms with Crippen molar-refractivity contribution >= 4 is 28.2 Å². The lowest BCUT2D eigenvalue weighted by Crippen LogP contribution is -2.42. The highest BCUT2D eigenvalue weighted by Crippen LogP contribution is 2.28. The van der Waals surface area contributed by atoms with Crippen molar-refractivity contribution in [3.05, 3.63) is 53.9 Å². The zero-order valence-electron chi connectivity index (χ0n) is 16.6. The van der Waals surface area contributed by atoms with E-state index in [4.69, 9.17) is 4.98 Å². The molecular weight excluding hydrogens is 362 g/mol. The third-order valence-electron chi connectivity index (χ3n) is 5.71. The highest BCUT2D eigenvalue weighted by Gasteiger charge is 2.23. The van der Waals surface area contributed by atoms with Gasteiger partial charge in [-0.15, -0.1) is 0 Å². The van der Waals surface area contributed by atoms with E-state index in [0.29, 0.717) is 11.6 Å². The number of para-hydroxylation sites is 2. The van der Waals surface area contributed by atoms with Gasteiger partial charge in [0.25, 0.3) is 0 Å². The van der Waals surface area contributed by atoms with Crippen molar-refractivity contribution in [2.24, 2.45) is 7.05 Å². The highest BCUT2D eigenvalue weighted by atomic mass is 15.3. The molecule has 0 radical (unpaired) electrons. The van der Waals surface area contributed by atoms with Gasteiger partial charge in [-0.3, -0.25) is 9.08 Å². The van der Waals surface area contributed by atoms with Crippen LogP contribution in [0, 0.1) is 18.3 Å². The standard InChI is InChI=1S/C22H23N7/c1-15-10-21(25-16-6-5-9-28(13-16)17-12-24-27(2)14-17)29-20-8-4-3-7-19(20)26-22(29)18(15)11-23/h3-4,7-8,10,12,14,16,25H,5-6,9,13H2,1-2H3. The molecule has 1 atom stereocenters. The first-order valence-electron chi connectivity index (χ1n) is 9.95. The maximum absolute atomic E-state index is 9.68. The fourth-order valence-corrected chi connectivity index (χ4v) is 4.31. The Labute approximate surface area is 169 Å². The Morgan fingerprint density at radius 3 is 2.93 bits per heavy atom. The zero-order valence-corrected chi connectivity index (χ0v) is 16.6. The molecule has 1 aromatic carbocycles. The number of nitrogens with zero attached hydrogens (tertiary/aromatic N) is 6. The van der Waals surface area contributed by atoms with Crippen LogP contribution in [-0.2, 0) is 7.05 Å². The summed E-state index contributed by atoms with van der Waals surface area (Å²) in [6, 6.07) is 12.8. The van der Waals surface area contributed by atoms with E-state index in [1.54, 1.807) is 0 Å². The Balaban J connectivity index is 1.54. The van der Waals surface area contributed by atoms with Gasteiger partial charge in [0.15, 0.2) is 5.65 Å². The number of anilines is 2. The molecule has 1 saturated heterocycles. The summed E-state index contributed by atoms with van der Waals surface area (Å²) in [5.41, 5.74) is 5.37. The molecule has 7 nitrogen and oxygen atoms in total. The molecule has 0 aliphatic carbocycles. The van der Waals surface area contributed by atoms with Crippen LogP contribution in [0.3, 0.4) is 0 Å². The first-order valence-corrected chi connectivity index (χ1v) is 9.95. The number of pyridine rings is 1. The Morgan fingerprint density at radius 2 is 2.14 bits per heavy atom. The molecule has 0 amide bonds. The molecule has 1 unspecified atom stereocenters. The van der Waals surface area contributed by atoms with Crippen molar-refractivity contribution in [3.63, 3.8) is 0 Å². The van der Waals surface area contributed by atoms with Crippen LogP contribution in [0.1, 0.15) is 24.0 Å².